The molecule has 0 aromatic carbocycles. The van der Waals surface area contributed by atoms with Crippen LogP contribution in [0.15, 0.2) is 31.0 Å². The monoisotopic (exact) mass is 279 g/mol. The maximum Gasteiger partial charge on any atom is 0.248 e. The molecule has 0 amide bonds. The van der Waals surface area contributed by atoms with Crippen LogP contribution in [0.1, 0.15) is 31.2 Å². The van der Waals surface area contributed by atoms with E-state index in [0.717, 1.165) is 5.56 Å². The van der Waals surface area contributed by atoms with Crippen LogP contribution in [0.4, 0.5) is 8.78 Å². The number of alkyl halides is 2. The van der Waals surface area contributed by atoms with Crippen LogP contribution in [0.5, 0.6) is 0 Å². The summed E-state index contributed by atoms with van der Waals surface area (Å²) in [6.07, 6.45) is 4.79. The Morgan fingerprint density at radius 3 is 2.45 bits per heavy atom. The molecule has 1 aliphatic rings. The first-order chi connectivity index (χ1) is 9.49. The van der Waals surface area contributed by atoms with Gasteiger partial charge in [0.05, 0.1) is 0 Å². The minimum absolute atomic E-state index is 0.172. The topological polar surface area (TPSA) is 69.6 Å². The average Bonchev–Trinajstić information content (AvgIpc) is 2.97. The highest BCUT2D eigenvalue weighted by Crippen LogP contribution is 2.42. The zero-order valence-electron chi connectivity index (χ0n) is 10.8. The summed E-state index contributed by atoms with van der Waals surface area (Å²) in [5.74, 6) is -1.97. The van der Waals surface area contributed by atoms with E-state index in [0.29, 0.717) is 5.82 Å². The van der Waals surface area contributed by atoms with Crippen molar-refractivity contribution < 1.29 is 8.78 Å². The Morgan fingerprint density at radius 2 is 1.90 bits per heavy atom. The predicted molar refractivity (Wildman–Crippen MR) is 68.4 cm³/mol. The highest BCUT2D eigenvalue weighted by molar-refractivity contribution is 5.29. The Kier molecular flexibility index (Phi) is 3.01. The summed E-state index contributed by atoms with van der Waals surface area (Å²) < 4.78 is 28.0. The lowest BCUT2D eigenvalue weighted by Gasteiger charge is -2.37. The van der Waals surface area contributed by atoms with E-state index in [4.69, 9.17) is 5.73 Å². The van der Waals surface area contributed by atoms with E-state index < -0.39 is 11.5 Å². The van der Waals surface area contributed by atoms with Crippen molar-refractivity contribution >= 4 is 0 Å². The number of rotatable bonds is 2. The molecule has 2 aromatic rings. The van der Waals surface area contributed by atoms with Gasteiger partial charge in [0.1, 0.15) is 12.7 Å². The molecule has 0 aliphatic heterocycles. The number of hydrogen-bond donors (Lipinski definition) is 1. The van der Waals surface area contributed by atoms with E-state index in [2.05, 4.69) is 15.1 Å². The molecule has 2 N–H and O–H groups in total. The van der Waals surface area contributed by atoms with Gasteiger partial charge in [-0.2, -0.15) is 5.10 Å². The highest BCUT2D eigenvalue weighted by Gasteiger charge is 2.42. The molecule has 0 saturated heterocycles. The quantitative estimate of drug-likeness (QED) is 0.913. The fourth-order valence-electron chi connectivity index (χ4n) is 2.49. The minimum atomic E-state index is -2.59. The van der Waals surface area contributed by atoms with Gasteiger partial charge in [-0.15, -0.1) is 0 Å². The predicted octanol–water partition coefficient (Wildman–Crippen LogP) is 2.03. The number of hydrogen-bond acceptors (Lipinski definition) is 4. The van der Waals surface area contributed by atoms with Gasteiger partial charge in [-0.25, -0.2) is 23.4 Å². The number of nitrogens with two attached hydrogens (primary N) is 1. The highest BCUT2D eigenvalue weighted by atomic mass is 19.3. The third kappa shape index (κ3) is 2.40. The lowest BCUT2D eigenvalue weighted by Crippen LogP contribution is -2.43. The zero-order chi connectivity index (χ0) is 14.2. The fourth-order valence-corrected chi connectivity index (χ4v) is 2.49. The largest absolute Gasteiger partial charge is 0.321 e. The van der Waals surface area contributed by atoms with Gasteiger partial charge >= 0.3 is 0 Å². The molecule has 1 saturated carbocycles. The molecule has 2 aromatic heterocycles. The van der Waals surface area contributed by atoms with Crippen LogP contribution in [-0.4, -0.2) is 25.7 Å². The van der Waals surface area contributed by atoms with Gasteiger partial charge in [0, 0.05) is 24.6 Å². The van der Waals surface area contributed by atoms with Crippen molar-refractivity contribution in [2.24, 2.45) is 5.73 Å². The maximum atomic E-state index is 13.2. The van der Waals surface area contributed by atoms with E-state index in [-0.39, 0.29) is 25.7 Å². The van der Waals surface area contributed by atoms with E-state index in [9.17, 15) is 8.78 Å². The molecule has 0 bridgehead atoms. The first kappa shape index (κ1) is 13.1. The molecule has 7 heteroatoms. The summed E-state index contributed by atoms with van der Waals surface area (Å²) in [6, 6.07) is 3.60. The van der Waals surface area contributed by atoms with Crippen molar-refractivity contribution in [3.05, 3.63) is 36.5 Å². The molecule has 0 atom stereocenters. The van der Waals surface area contributed by atoms with Crippen LogP contribution >= 0.6 is 0 Å². The molecule has 5 nitrogen and oxygen atoms in total. The van der Waals surface area contributed by atoms with Gasteiger partial charge in [0.25, 0.3) is 0 Å². The van der Waals surface area contributed by atoms with Crippen LogP contribution in [0.3, 0.4) is 0 Å². The van der Waals surface area contributed by atoms with Crippen LogP contribution in [0.2, 0.25) is 0 Å². The van der Waals surface area contributed by atoms with Crippen LogP contribution < -0.4 is 5.73 Å². The molecule has 106 valence electrons. The minimum Gasteiger partial charge on any atom is -0.321 e. The molecule has 0 unspecified atom stereocenters. The summed E-state index contributed by atoms with van der Waals surface area (Å²) in [5, 5.41) is 3.98. The van der Waals surface area contributed by atoms with E-state index in [1.807, 2.05) is 6.07 Å². The van der Waals surface area contributed by atoms with Crippen molar-refractivity contribution in [3.8, 4) is 5.82 Å². The molecule has 1 fully saturated rings. The third-order valence-corrected chi connectivity index (χ3v) is 3.85. The van der Waals surface area contributed by atoms with Gasteiger partial charge in [-0.05, 0) is 24.5 Å². The van der Waals surface area contributed by atoms with Gasteiger partial charge in [-0.3, -0.25) is 0 Å². The van der Waals surface area contributed by atoms with Crippen molar-refractivity contribution in [2.45, 2.75) is 37.1 Å². The summed E-state index contributed by atoms with van der Waals surface area (Å²) >= 11 is 0. The first-order valence-corrected chi connectivity index (χ1v) is 6.47. The van der Waals surface area contributed by atoms with E-state index >= 15 is 0 Å². The van der Waals surface area contributed by atoms with E-state index in [1.54, 1.807) is 18.6 Å². The van der Waals surface area contributed by atoms with Crippen LogP contribution in [0.25, 0.3) is 5.82 Å². The van der Waals surface area contributed by atoms with Crippen LogP contribution in [0, 0.1) is 0 Å². The van der Waals surface area contributed by atoms with E-state index in [1.165, 1.54) is 11.0 Å². The summed E-state index contributed by atoms with van der Waals surface area (Å²) in [6.45, 7) is 0. The molecule has 0 spiro atoms. The maximum absolute atomic E-state index is 13.2. The lowest BCUT2D eigenvalue weighted by molar-refractivity contribution is -0.0514. The number of nitrogens with zero attached hydrogens (tertiary/aromatic N) is 4. The van der Waals surface area contributed by atoms with Crippen molar-refractivity contribution in [1.29, 1.82) is 0 Å². The third-order valence-electron chi connectivity index (χ3n) is 3.85. The smallest absolute Gasteiger partial charge is 0.248 e. The Bertz CT molecular complexity index is 569. The summed E-state index contributed by atoms with van der Waals surface area (Å²) in [5.41, 5.74) is 6.34. The Hall–Kier alpha value is -1.89. The second-order valence-electron chi connectivity index (χ2n) is 5.26. The molecule has 20 heavy (non-hydrogen) atoms. The SMILES string of the molecule is NC1(c2ccc(-n3cncn3)nc2)CCC(F)(F)CC1. The fraction of sp³-hybridized carbons (Fsp3) is 0.462. The molecule has 0 radical (unpaired) electrons. The van der Waals surface area contributed by atoms with Gasteiger partial charge in [0.15, 0.2) is 5.82 Å². The van der Waals surface area contributed by atoms with Crippen LogP contribution in [-0.2, 0) is 5.54 Å². The molecule has 3 rings (SSSR count). The van der Waals surface area contributed by atoms with Gasteiger partial charge in [0.2, 0.25) is 5.92 Å². The Labute approximate surface area is 114 Å². The normalized spacial score (nSPS) is 20.8. The molecular weight excluding hydrogens is 264 g/mol. The van der Waals surface area contributed by atoms with Crippen molar-refractivity contribution in [1.82, 2.24) is 19.7 Å². The lowest BCUT2D eigenvalue weighted by atomic mass is 9.76. The molecule has 2 heterocycles. The Balaban J connectivity index is 1.81. The second kappa shape index (κ2) is 4.59. The number of halogens is 2. The molecular formula is C13H15F2N5. The van der Waals surface area contributed by atoms with Gasteiger partial charge < -0.3 is 5.73 Å². The standard InChI is InChI=1S/C13H15F2N5/c14-13(15)5-3-12(16,4-6-13)10-1-2-11(18-7-10)20-9-17-8-19-20/h1-2,7-9H,3-6,16H2. The van der Waals surface area contributed by atoms with Crippen molar-refractivity contribution in [3.63, 3.8) is 0 Å². The van der Waals surface area contributed by atoms with Gasteiger partial charge in [-0.1, -0.05) is 6.07 Å². The zero-order valence-corrected chi connectivity index (χ0v) is 10.8. The Morgan fingerprint density at radius 1 is 1.15 bits per heavy atom. The summed E-state index contributed by atoms with van der Waals surface area (Å²) in [4.78, 5) is 8.12. The first-order valence-electron chi connectivity index (χ1n) is 6.47. The average molecular weight is 279 g/mol. The second-order valence-corrected chi connectivity index (χ2v) is 5.26. The number of aromatic nitrogens is 4. The summed E-state index contributed by atoms with van der Waals surface area (Å²) in [7, 11) is 0. The molecule has 1 aliphatic carbocycles. The number of pyridine rings is 1. The van der Waals surface area contributed by atoms with Crippen molar-refractivity contribution in [2.75, 3.05) is 0 Å².